The van der Waals surface area contributed by atoms with E-state index in [1.807, 2.05) is 0 Å². The van der Waals surface area contributed by atoms with Crippen LogP contribution in [0.3, 0.4) is 0 Å². The molecule has 1 nitrogen and oxygen atoms in total. The number of benzene rings is 1. The van der Waals surface area contributed by atoms with Crippen molar-refractivity contribution in [3.05, 3.63) is 35.4 Å². The smallest absolute Gasteiger partial charge is 0.0201 e. The van der Waals surface area contributed by atoms with E-state index in [4.69, 9.17) is 0 Å². The summed E-state index contributed by atoms with van der Waals surface area (Å²) in [6.45, 7) is 10.0. The molecule has 0 aliphatic carbocycles. The molecule has 0 radical (unpaired) electrons. The zero-order valence-corrected chi connectivity index (χ0v) is 13.7. The normalized spacial score (nSPS) is 14.3. The van der Waals surface area contributed by atoms with E-state index in [1.54, 1.807) is 0 Å². The molecule has 0 fully saturated rings. The number of nitrogens with one attached hydrogen (secondary N) is 1. The highest BCUT2D eigenvalue weighted by atomic mass is 32.2. The minimum Gasteiger partial charge on any atom is -0.313 e. The predicted octanol–water partition coefficient (Wildman–Crippen LogP) is 4.79. The number of hydrogen-bond donors (Lipinski definition) is 1. The minimum atomic E-state index is 0.662. The van der Waals surface area contributed by atoms with Gasteiger partial charge in [-0.15, -0.1) is 0 Å². The van der Waals surface area contributed by atoms with E-state index < -0.39 is 0 Å². The Kier molecular flexibility index (Phi) is 8.24. The molecule has 0 bridgehead atoms. The summed E-state index contributed by atoms with van der Waals surface area (Å²) < 4.78 is 0. The molecule has 0 aliphatic heterocycles. The molecule has 2 unspecified atom stereocenters. The Hall–Kier alpha value is -0.470. The molecule has 19 heavy (non-hydrogen) atoms. The van der Waals surface area contributed by atoms with Crippen molar-refractivity contribution in [3.63, 3.8) is 0 Å². The molecule has 108 valence electrons. The average molecular weight is 279 g/mol. The first kappa shape index (κ1) is 16.6. The summed E-state index contributed by atoms with van der Waals surface area (Å²) in [5.74, 6) is 1.13. The van der Waals surface area contributed by atoms with Crippen molar-refractivity contribution in [2.45, 2.75) is 64.0 Å². The van der Waals surface area contributed by atoms with Crippen LogP contribution in [0.25, 0.3) is 0 Å². The Labute approximate surface area is 123 Å². The molecule has 0 heterocycles. The quantitative estimate of drug-likeness (QED) is 0.698. The van der Waals surface area contributed by atoms with Crippen LogP contribution in [-0.4, -0.2) is 17.8 Å². The third kappa shape index (κ3) is 6.01. The highest BCUT2D eigenvalue weighted by Crippen LogP contribution is 2.25. The predicted molar refractivity (Wildman–Crippen MR) is 88.9 cm³/mol. The molecule has 2 atom stereocenters. The second kappa shape index (κ2) is 9.44. The summed E-state index contributed by atoms with van der Waals surface area (Å²) in [7, 11) is 0. The molecule has 1 N–H and O–H groups in total. The number of aryl methyl sites for hydroxylation is 1. The maximum absolute atomic E-state index is 3.66. The van der Waals surface area contributed by atoms with E-state index in [9.17, 15) is 0 Å². The second-order valence-corrected chi connectivity index (χ2v) is 6.43. The van der Waals surface area contributed by atoms with Crippen molar-refractivity contribution in [1.82, 2.24) is 5.32 Å². The van der Waals surface area contributed by atoms with E-state index in [1.165, 1.54) is 30.4 Å². The van der Waals surface area contributed by atoms with Gasteiger partial charge in [-0.1, -0.05) is 57.0 Å². The molecule has 1 rings (SSSR count). The Morgan fingerprint density at radius 1 is 1.21 bits per heavy atom. The van der Waals surface area contributed by atoms with Crippen molar-refractivity contribution in [1.29, 1.82) is 0 Å². The molecular weight excluding hydrogens is 250 g/mol. The lowest BCUT2D eigenvalue weighted by Crippen LogP contribution is -2.37. The summed E-state index contributed by atoms with van der Waals surface area (Å²) in [5, 5.41) is 4.38. The van der Waals surface area contributed by atoms with Crippen molar-refractivity contribution in [3.8, 4) is 0 Å². The van der Waals surface area contributed by atoms with Crippen LogP contribution in [0.4, 0.5) is 0 Å². The molecule has 0 aromatic heterocycles. The zero-order valence-electron chi connectivity index (χ0n) is 12.9. The number of rotatable bonds is 9. The molecule has 0 spiro atoms. The molecule has 1 aromatic rings. The van der Waals surface area contributed by atoms with Crippen LogP contribution in [0.1, 0.15) is 51.2 Å². The third-order valence-corrected chi connectivity index (χ3v) is 5.05. The summed E-state index contributed by atoms with van der Waals surface area (Å²) in [4.78, 5) is 0. The Morgan fingerprint density at radius 2 is 2.00 bits per heavy atom. The van der Waals surface area contributed by atoms with Gasteiger partial charge in [0.05, 0.1) is 0 Å². The molecule has 0 aliphatic rings. The molecule has 0 amide bonds. The average Bonchev–Trinajstić information content (AvgIpc) is 2.40. The molecule has 0 saturated carbocycles. The van der Waals surface area contributed by atoms with Gasteiger partial charge < -0.3 is 5.32 Å². The van der Waals surface area contributed by atoms with Crippen LogP contribution in [0.15, 0.2) is 24.3 Å². The van der Waals surface area contributed by atoms with Gasteiger partial charge in [0.2, 0.25) is 0 Å². The van der Waals surface area contributed by atoms with Crippen molar-refractivity contribution in [2.75, 3.05) is 6.54 Å². The van der Waals surface area contributed by atoms with Crippen molar-refractivity contribution < 1.29 is 0 Å². The van der Waals surface area contributed by atoms with Gasteiger partial charge in [-0.05, 0) is 31.9 Å². The highest BCUT2D eigenvalue weighted by Gasteiger charge is 2.18. The van der Waals surface area contributed by atoms with Gasteiger partial charge in [0.15, 0.2) is 0 Å². The van der Waals surface area contributed by atoms with Crippen LogP contribution in [-0.2, 0) is 5.75 Å². The SMILES string of the molecule is CCCC(NCC)C(CC)SCc1cccc(C)c1. The first-order valence-corrected chi connectivity index (χ1v) is 8.66. The highest BCUT2D eigenvalue weighted by molar-refractivity contribution is 7.99. The Morgan fingerprint density at radius 3 is 2.58 bits per heavy atom. The van der Waals surface area contributed by atoms with Gasteiger partial charge in [0.1, 0.15) is 0 Å². The lowest BCUT2D eigenvalue weighted by molar-refractivity contribution is 0.465. The molecular formula is C17H29NS. The van der Waals surface area contributed by atoms with Crippen LogP contribution in [0.2, 0.25) is 0 Å². The Bertz CT molecular complexity index is 345. The van der Waals surface area contributed by atoms with E-state index >= 15 is 0 Å². The van der Waals surface area contributed by atoms with Gasteiger partial charge in [0.25, 0.3) is 0 Å². The standard InChI is InChI=1S/C17H29NS/c1-5-9-16(18-7-3)17(6-2)19-13-15-11-8-10-14(4)12-15/h8,10-12,16-18H,5-7,9,13H2,1-4H3. The van der Waals surface area contributed by atoms with Crippen LogP contribution >= 0.6 is 11.8 Å². The third-order valence-electron chi connectivity index (χ3n) is 3.46. The van der Waals surface area contributed by atoms with Crippen molar-refractivity contribution >= 4 is 11.8 Å². The van der Waals surface area contributed by atoms with E-state index in [-0.39, 0.29) is 0 Å². The fourth-order valence-corrected chi connectivity index (χ4v) is 3.80. The van der Waals surface area contributed by atoms with Crippen LogP contribution in [0.5, 0.6) is 0 Å². The monoisotopic (exact) mass is 279 g/mol. The maximum Gasteiger partial charge on any atom is 0.0201 e. The summed E-state index contributed by atoms with van der Waals surface area (Å²) in [5.41, 5.74) is 2.82. The maximum atomic E-state index is 3.66. The number of hydrogen-bond acceptors (Lipinski definition) is 2. The molecule has 1 aromatic carbocycles. The van der Waals surface area contributed by atoms with E-state index in [2.05, 4.69) is 69.0 Å². The first-order chi connectivity index (χ1) is 9.21. The lowest BCUT2D eigenvalue weighted by Gasteiger charge is -2.26. The van der Waals surface area contributed by atoms with E-state index in [0.29, 0.717) is 6.04 Å². The molecule has 2 heteroatoms. The van der Waals surface area contributed by atoms with Crippen molar-refractivity contribution in [2.24, 2.45) is 0 Å². The fraction of sp³-hybridized carbons (Fsp3) is 0.647. The van der Waals surface area contributed by atoms with Gasteiger partial charge in [-0.3, -0.25) is 0 Å². The second-order valence-electron chi connectivity index (χ2n) is 5.20. The summed E-state index contributed by atoms with van der Waals surface area (Å²) in [6.07, 6.45) is 3.79. The summed E-state index contributed by atoms with van der Waals surface area (Å²) in [6, 6.07) is 9.55. The van der Waals surface area contributed by atoms with Crippen LogP contribution < -0.4 is 5.32 Å². The van der Waals surface area contributed by atoms with E-state index in [0.717, 1.165) is 17.5 Å². The van der Waals surface area contributed by atoms with Gasteiger partial charge in [-0.2, -0.15) is 11.8 Å². The number of thioether (sulfide) groups is 1. The van der Waals surface area contributed by atoms with Crippen LogP contribution in [0, 0.1) is 6.92 Å². The minimum absolute atomic E-state index is 0.662. The lowest BCUT2D eigenvalue weighted by atomic mass is 10.1. The molecule has 0 saturated heterocycles. The topological polar surface area (TPSA) is 12.0 Å². The van der Waals surface area contributed by atoms with Gasteiger partial charge >= 0.3 is 0 Å². The summed E-state index contributed by atoms with van der Waals surface area (Å²) >= 11 is 2.11. The zero-order chi connectivity index (χ0) is 14.1. The fourth-order valence-electron chi connectivity index (χ4n) is 2.52. The van der Waals surface area contributed by atoms with Gasteiger partial charge in [-0.25, -0.2) is 0 Å². The largest absolute Gasteiger partial charge is 0.313 e. The van der Waals surface area contributed by atoms with Gasteiger partial charge in [0, 0.05) is 17.0 Å². The first-order valence-electron chi connectivity index (χ1n) is 7.61. The Balaban J connectivity index is 2.55.